The lowest BCUT2D eigenvalue weighted by Crippen LogP contribution is -2.13. The van der Waals surface area contributed by atoms with Crippen LogP contribution >= 0.6 is 22.6 Å². The molecule has 0 aliphatic carbocycles. The molecule has 0 saturated heterocycles. The van der Waals surface area contributed by atoms with Gasteiger partial charge >= 0.3 is 6.18 Å². The standard InChI is InChI=1S/C18H13F3IN3/c19-18(20,21)13-6-2-4-8-15(13)25-17-12(9-10-23-17)16(24-25)11-5-1-3-7-14(11)22/h1-8,23H,9-10H2. The average Bonchev–Trinajstić information content (AvgIpc) is 3.17. The molecular formula is C18H13F3IN3. The van der Waals surface area contributed by atoms with Gasteiger partial charge in [-0.05, 0) is 47.2 Å². The largest absolute Gasteiger partial charge is 0.418 e. The number of hydrogen-bond acceptors (Lipinski definition) is 2. The highest BCUT2D eigenvalue weighted by molar-refractivity contribution is 14.1. The summed E-state index contributed by atoms with van der Waals surface area (Å²) in [5, 5.41) is 7.74. The summed E-state index contributed by atoms with van der Waals surface area (Å²) in [5.41, 5.74) is 1.98. The first-order chi connectivity index (χ1) is 12.0. The minimum absolute atomic E-state index is 0.0397. The molecule has 0 atom stereocenters. The smallest absolute Gasteiger partial charge is 0.369 e. The Morgan fingerprint density at radius 2 is 1.76 bits per heavy atom. The monoisotopic (exact) mass is 455 g/mol. The van der Waals surface area contributed by atoms with E-state index in [0.29, 0.717) is 12.4 Å². The molecule has 3 aromatic rings. The molecule has 128 valence electrons. The van der Waals surface area contributed by atoms with Crippen LogP contribution in [0.3, 0.4) is 0 Å². The molecule has 1 aliphatic heterocycles. The second kappa shape index (κ2) is 6.05. The number of hydrogen-bond donors (Lipinski definition) is 1. The van der Waals surface area contributed by atoms with Gasteiger partial charge in [0.25, 0.3) is 0 Å². The van der Waals surface area contributed by atoms with Crippen LogP contribution < -0.4 is 5.32 Å². The summed E-state index contributed by atoms with van der Waals surface area (Å²) >= 11 is 2.22. The molecule has 0 bridgehead atoms. The van der Waals surface area contributed by atoms with Gasteiger partial charge in [0, 0.05) is 21.2 Å². The van der Waals surface area contributed by atoms with Crippen LogP contribution in [0.25, 0.3) is 16.9 Å². The lowest BCUT2D eigenvalue weighted by Gasteiger charge is -2.14. The Kier molecular flexibility index (Phi) is 3.98. The fraction of sp³-hybridized carbons (Fsp3) is 0.167. The summed E-state index contributed by atoms with van der Waals surface area (Å²) in [7, 11) is 0. The highest BCUT2D eigenvalue weighted by atomic mass is 127. The molecule has 1 N–H and O–H groups in total. The van der Waals surface area contributed by atoms with Crippen LogP contribution in [0.2, 0.25) is 0 Å². The second-order valence-electron chi connectivity index (χ2n) is 5.76. The number of nitrogens with zero attached hydrogens (tertiary/aromatic N) is 2. The third-order valence-corrected chi connectivity index (χ3v) is 5.16. The SMILES string of the molecule is FC(F)(F)c1ccccc1-n1nc(-c2ccccc2I)c2c1NCC2. The normalized spacial score (nSPS) is 13.6. The Hall–Kier alpha value is -2.03. The second-order valence-corrected chi connectivity index (χ2v) is 6.92. The van der Waals surface area contributed by atoms with Crippen LogP contribution in [0.5, 0.6) is 0 Å². The molecule has 2 aromatic carbocycles. The fourth-order valence-corrected chi connectivity index (χ4v) is 3.76. The lowest BCUT2D eigenvalue weighted by atomic mass is 10.1. The molecule has 25 heavy (non-hydrogen) atoms. The molecule has 0 radical (unpaired) electrons. The van der Waals surface area contributed by atoms with Crippen molar-refractivity contribution in [1.29, 1.82) is 0 Å². The Balaban J connectivity index is 1.95. The van der Waals surface area contributed by atoms with E-state index in [1.165, 1.54) is 16.8 Å². The van der Waals surface area contributed by atoms with E-state index < -0.39 is 11.7 Å². The van der Waals surface area contributed by atoms with Crippen molar-refractivity contribution in [3.8, 4) is 16.9 Å². The highest BCUT2D eigenvalue weighted by Gasteiger charge is 2.35. The van der Waals surface area contributed by atoms with Crippen molar-refractivity contribution < 1.29 is 13.2 Å². The van der Waals surface area contributed by atoms with Gasteiger partial charge < -0.3 is 5.32 Å². The molecule has 4 rings (SSSR count). The van der Waals surface area contributed by atoms with E-state index in [0.717, 1.165) is 32.9 Å². The van der Waals surface area contributed by atoms with E-state index >= 15 is 0 Å². The lowest BCUT2D eigenvalue weighted by molar-refractivity contribution is -0.137. The van der Waals surface area contributed by atoms with Gasteiger partial charge in [0.15, 0.2) is 0 Å². The van der Waals surface area contributed by atoms with Crippen molar-refractivity contribution in [3.05, 3.63) is 63.2 Å². The predicted molar refractivity (Wildman–Crippen MR) is 98.9 cm³/mol. The molecule has 0 spiro atoms. The van der Waals surface area contributed by atoms with Crippen molar-refractivity contribution in [1.82, 2.24) is 9.78 Å². The van der Waals surface area contributed by atoms with Crippen molar-refractivity contribution in [2.24, 2.45) is 0 Å². The molecular weight excluding hydrogens is 442 g/mol. The van der Waals surface area contributed by atoms with E-state index in [-0.39, 0.29) is 5.69 Å². The number of halogens is 4. The van der Waals surface area contributed by atoms with Crippen LogP contribution in [-0.4, -0.2) is 16.3 Å². The first-order valence-corrected chi connectivity index (χ1v) is 8.82. The van der Waals surface area contributed by atoms with Crippen molar-refractivity contribution in [2.75, 3.05) is 11.9 Å². The molecule has 0 fully saturated rings. The zero-order valence-corrected chi connectivity index (χ0v) is 15.1. The summed E-state index contributed by atoms with van der Waals surface area (Å²) in [4.78, 5) is 0. The molecule has 3 nitrogen and oxygen atoms in total. The zero-order chi connectivity index (χ0) is 17.6. The van der Waals surface area contributed by atoms with Crippen molar-refractivity contribution in [3.63, 3.8) is 0 Å². The Morgan fingerprint density at radius 3 is 2.52 bits per heavy atom. The van der Waals surface area contributed by atoms with Gasteiger partial charge in [-0.25, -0.2) is 4.68 Å². The van der Waals surface area contributed by atoms with Crippen LogP contribution in [0.15, 0.2) is 48.5 Å². The number of aromatic nitrogens is 2. The van der Waals surface area contributed by atoms with Crippen LogP contribution in [0.4, 0.5) is 19.0 Å². The van der Waals surface area contributed by atoms with Crippen molar-refractivity contribution >= 4 is 28.4 Å². The number of para-hydroxylation sites is 1. The predicted octanol–water partition coefficient (Wildman–Crippen LogP) is 5.13. The fourth-order valence-electron chi connectivity index (χ4n) is 3.12. The first kappa shape index (κ1) is 16.4. The Morgan fingerprint density at radius 1 is 1.04 bits per heavy atom. The van der Waals surface area contributed by atoms with Crippen molar-refractivity contribution in [2.45, 2.75) is 12.6 Å². The molecule has 0 unspecified atom stereocenters. The van der Waals surface area contributed by atoms with Gasteiger partial charge in [-0.1, -0.05) is 30.3 Å². The quantitative estimate of drug-likeness (QED) is 0.544. The minimum atomic E-state index is -4.44. The maximum atomic E-state index is 13.4. The van der Waals surface area contributed by atoms with E-state index in [9.17, 15) is 13.2 Å². The molecule has 0 amide bonds. The minimum Gasteiger partial charge on any atom is -0.369 e. The number of anilines is 1. The summed E-state index contributed by atoms with van der Waals surface area (Å²) in [6.07, 6.45) is -3.70. The van der Waals surface area contributed by atoms with Crippen LogP contribution in [0, 0.1) is 3.57 Å². The first-order valence-electron chi connectivity index (χ1n) is 7.74. The molecule has 7 heteroatoms. The molecule has 0 saturated carbocycles. The topological polar surface area (TPSA) is 29.9 Å². The summed E-state index contributed by atoms with van der Waals surface area (Å²) in [6.45, 7) is 0.692. The van der Waals surface area contributed by atoms with Gasteiger partial charge in [-0.3, -0.25) is 0 Å². The number of fused-ring (bicyclic) bond motifs is 1. The summed E-state index contributed by atoms with van der Waals surface area (Å²) in [5.74, 6) is 0.645. The average molecular weight is 455 g/mol. The number of rotatable bonds is 2. The molecule has 2 heterocycles. The van der Waals surface area contributed by atoms with Gasteiger partial charge in [0.05, 0.1) is 16.9 Å². The van der Waals surface area contributed by atoms with Crippen LogP contribution in [0.1, 0.15) is 11.1 Å². The van der Waals surface area contributed by atoms with E-state index in [1.807, 2.05) is 24.3 Å². The Bertz CT molecular complexity index is 947. The van der Waals surface area contributed by atoms with Crippen LogP contribution in [-0.2, 0) is 12.6 Å². The zero-order valence-electron chi connectivity index (χ0n) is 12.9. The number of benzene rings is 2. The van der Waals surface area contributed by atoms with E-state index in [2.05, 4.69) is 33.0 Å². The van der Waals surface area contributed by atoms with Gasteiger partial charge in [0.1, 0.15) is 5.82 Å². The van der Waals surface area contributed by atoms with Gasteiger partial charge in [0.2, 0.25) is 0 Å². The van der Waals surface area contributed by atoms with E-state index in [1.54, 1.807) is 6.07 Å². The maximum Gasteiger partial charge on any atom is 0.418 e. The van der Waals surface area contributed by atoms with Gasteiger partial charge in [-0.2, -0.15) is 18.3 Å². The third kappa shape index (κ3) is 2.80. The van der Waals surface area contributed by atoms with E-state index in [4.69, 9.17) is 0 Å². The number of nitrogens with one attached hydrogen (secondary N) is 1. The summed E-state index contributed by atoms with van der Waals surface area (Å²) < 4.78 is 42.7. The highest BCUT2D eigenvalue weighted by Crippen LogP contribution is 2.39. The molecule has 1 aliphatic rings. The molecule has 1 aromatic heterocycles. The third-order valence-electron chi connectivity index (χ3n) is 4.22. The Labute approximate surface area is 156 Å². The number of alkyl halides is 3. The summed E-state index contributed by atoms with van der Waals surface area (Å²) in [6, 6.07) is 13.3. The van der Waals surface area contributed by atoms with Gasteiger partial charge in [-0.15, -0.1) is 0 Å². The maximum absolute atomic E-state index is 13.4.